The van der Waals surface area contributed by atoms with E-state index in [4.69, 9.17) is 11.6 Å². The Morgan fingerprint density at radius 2 is 2.13 bits per heavy atom. The molecule has 2 aliphatic rings. The van der Waals surface area contributed by atoms with E-state index < -0.39 is 6.10 Å². The molecule has 23 heavy (non-hydrogen) atoms. The van der Waals surface area contributed by atoms with Crippen LogP contribution in [0, 0.1) is 11.8 Å². The molecular weight excluding hydrogens is 316 g/mol. The number of carbonyl (C=O) groups is 2. The Labute approximate surface area is 140 Å². The summed E-state index contributed by atoms with van der Waals surface area (Å²) >= 11 is 6.15. The zero-order valence-corrected chi connectivity index (χ0v) is 13.9. The van der Waals surface area contributed by atoms with Crippen LogP contribution in [0.4, 0.5) is 5.69 Å². The van der Waals surface area contributed by atoms with Crippen LogP contribution in [-0.2, 0) is 9.59 Å². The van der Waals surface area contributed by atoms with Crippen molar-refractivity contribution in [2.45, 2.75) is 25.4 Å². The van der Waals surface area contributed by atoms with Gasteiger partial charge in [0.25, 0.3) is 0 Å². The molecule has 5 nitrogen and oxygen atoms in total. The molecule has 2 atom stereocenters. The summed E-state index contributed by atoms with van der Waals surface area (Å²) < 4.78 is 0. The Kier molecular flexibility index (Phi) is 4.60. The average Bonchev–Trinajstić information content (AvgIpc) is 3.30. The first-order chi connectivity index (χ1) is 11.0. The predicted octanol–water partition coefficient (Wildman–Crippen LogP) is 1.92. The SMILES string of the molecule is CN(CC(O)C1CC1)C(=O)C1CC(=O)N(c2ccccc2Cl)C1. The van der Waals surface area contributed by atoms with Crippen molar-refractivity contribution >= 4 is 29.1 Å². The number of aliphatic hydroxyl groups excluding tert-OH is 1. The van der Waals surface area contributed by atoms with Crippen molar-refractivity contribution in [3.8, 4) is 0 Å². The normalized spacial score (nSPS) is 22.3. The van der Waals surface area contributed by atoms with Crippen LogP contribution in [-0.4, -0.2) is 48.1 Å². The van der Waals surface area contributed by atoms with Crippen LogP contribution in [0.3, 0.4) is 0 Å². The highest BCUT2D eigenvalue weighted by Gasteiger charge is 2.38. The van der Waals surface area contributed by atoms with Crippen molar-refractivity contribution in [3.63, 3.8) is 0 Å². The number of para-hydroxylation sites is 1. The van der Waals surface area contributed by atoms with Crippen molar-refractivity contribution in [2.24, 2.45) is 11.8 Å². The Morgan fingerprint density at radius 1 is 1.43 bits per heavy atom. The van der Waals surface area contributed by atoms with Crippen LogP contribution < -0.4 is 4.90 Å². The van der Waals surface area contributed by atoms with Gasteiger partial charge in [-0.05, 0) is 30.9 Å². The molecule has 1 heterocycles. The molecule has 2 fully saturated rings. The lowest BCUT2D eigenvalue weighted by molar-refractivity contribution is -0.135. The summed E-state index contributed by atoms with van der Waals surface area (Å²) in [5.41, 5.74) is 0.648. The number of likely N-dealkylation sites (N-methyl/N-ethyl adjacent to an activating group) is 1. The molecule has 1 aromatic rings. The number of carbonyl (C=O) groups excluding carboxylic acids is 2. The van der Waals surface area contributed by atoms with Gasteiger partial charge in [-0.2, -0.15) is 0 Å². The largest absolute Gasteiger partial charge is 0.391 e. The first kappa shape index (κ1) is 16.3. The molecule has 1 aliphatic heterocycles. The lowest BCUT2D eigenvalue weighted by atomic mass is 10.1. The third-order valence-corrected chi connectivity index (χ3v) is 4.94. The third-order valence-electron chi connectivity index (χ3n) is 4.62. The van der Waals surface area contributed by atoms with Crippen LogP contribution in [0.5, 0.6) is 0 Å². The smallest absolute Gasteiger partial charge is 0.227 e. The summed E-state index contributed by atoms with van der Waals surface area (Å²) in [6, 6.07) is 7.15. The number of benzene rings is 1. The lowest BCUT2D eigenvalue weighted by Gasteiger charge is -2.24. The molecule has 1 saturated heterocycles. The molecule has 0 radical (unpaired) electrons. The second-order valence-electron chi connectivity index (χ2n) is 6.48. The molecule has 1 N–H and O–H groups in total. The van der Waals surface area contributed by atoms with Gasteiger partial charge in [-0.25, -0.2) is 0 Å². The Hall–Kier alpha value is -1.59. The zero-order valence-electron chi connectivity index (χ0n) is 13.1. The van der Waals surface area contributed by atoms with E-state index in [-0.39, 0.29) is 24.2 Å². The van der Waals surface area contributed by atoms with Crippen molar-refractivity contribution in [2.75, 3.05) is 25.0 Å². The molecule has 6 heteroatoms. The van der Waals surface area contributed by atoms with Gasteiger partial charge in [0.1, 0.15) is 0 Å². The minimum absolute atomic E-state index is 0.0902. The molecule has 1 aliphatic carbocycles. The standard InChI is InChI=1S/C17H21ClN2O3/c1-19(10-15(21)11-6-7-11)17(23)12-8-16(22)20(9-12)14-5-3-2-4-13(14)18/h2-5,11-12,15,21H,6-10H2,1H3. The molecule has 2 amide bonds. The topological polar surface area (TPSA) is 60.9 Å². The number of amides is 2. The van der Waals surface area contributed by atoms with E-state index in [0.717, 1.165) is 12.8 Å². The highest BCUT2D eigenvalue weighted by atomic mass is 35.5. The number of anilines is 1. The van der Waals surface area contributed by atoms with Gasteiger partial charge >= 0.3 is 0 Å². The second kappa shape index (κ2) is 6.49. The molecule has 0 aromatic heterocycles. The van der Waals surface area contributed by atoms with E-state index in [1.807, 2.05) is 12.1 Å². The highest BCUT2D eigenvalue weighted by molar-refractivity contribution is 6.33. The van der Waals surface area contributed by atoms with Crippen molar-refractivity contribution in [3.05, 3.63) is 29.3 Å². The maximum Gasteiger partial charge on any atom is 0.227 e. The van der Waals surface area contributed by atoms with Gasteiger partial charge in [-0.15, -0.1) is 0 Å². The summed E-state index contributed by atoms with van der Waals surface area (Å²) in [6.45, 7) is 0.672. The fourth-order valence-electron chi connectivity index (χ4n) is 3.09. The minimum Gasteiger partial charge on any atom is -0.391 e. The van der Waals surface area contributed by atoms with Gasteiger partial charge in [0, 0.05) is 26.6 Å². The van der Waals surface area contributed by atoms with Gasteiger partial charge in [-0.1, -0.05) is 23.7 Å². The molecule has 124 valence electrons. The second-order valence-corrected chi connectivity index (χ2v) is 6.89. The van der Waals surface area contributed by atoms with Crippen molar-refractivity contribution < 1.29 is 14.7 Å². The Morgan fingerprint density at radius 3 is 2.78 bits per heavy atom. The number of halogens is 1. The molecule has 1 aromatic carbocycles. The first-order valence-corrected chi connectivity index (χ1v) is 8.33. The monoisotopic (exact) mass is 336 g/mol. The van der Waals surface area contributed by atoms with E-state index >= 15 is 0 Å². The average molecular weight is 337 g/mol. The van der Waals surface area contributed by atoms with Crippen LogP contribution in [0.2, 0.25) is 5.02 Å². The van der Waals surface area contributed by atoms with E-state index in [1.54, 1.807) is 29.0 Å². The summed E-state index contributed by atoms with van der Waals surface area (Å²) in [4.78, 5) is 27.9. The van der Waals surface area contributed by atoms with Crippen LogP contribution in [0.25, 0.3) is 0 Å². The molecule has 0 bridgehead atoms. The van der Waals surface area contributed by atoms with Crippen LogP contribution >= 0.6 is 11.6 Å². The van der Waals surface area contributed by atoms with E-state index in [0.29, 0.717) is 29.7 Å². The van der Waals surface area contributed by atoms with Crippen molar-refractivity contribution in [1.82, 2.24) is 4.90 Å². The minimum atomic E-state index is -0.458. The zero-order chi connectivity index (χ0) is 16.6. The van der Waals surface area contributed by atoms with Gasteiger partial charge in [0.05, 0.1) is 22.7 Å². The summed E-state index contributed by atoms with van der Waals surface area (Å²) in [7, 11) is 1.69. The predicted molar refractivity (Wildman–Crippen MR) is 88.3 cm³/mol. The third kappa shape index (κ3) is 3.51. The number of hydrogen-bond acceptors (Lipinski definition) is 3. The molecule has 2 unspecified atom stereocenters. The summed E-state index contributed by atoms with van der Waals surface area (Å²) in [5, 5.41) is 10.5. The maximum atomic E-state index is 12.5. The fourth-order valence-corrected chi connectivity index (χ4v) is 3.33. The molecule has 1 saturated carbocycles. The van der Waals surface area contributed by atoms with E-state index in [1.165, 1.54) is 0 Å². The van der Waals surface area contributed by atoms with Crippen LogP contribution in [0.15, 0.2) is 24.3 Å². The summed E-state index contributed by atoms with van der Waals surface area (Å²) in [6.07, 6.45) is 1.80. The van der Waals surface area contributed by atoms with Gasteiger partial charge in [0.2, 0.25) is 11.8 Å². The number of rotatable bonds is 5. The Bertz CT molecular complexity index is 618. The van der Waals surface area contributed by atoms with Gasteiger partial charge < -0.3 is 14.9 Å². The number of hydrogen-bond donors (Lipinski definition) is 1. The van der Waals surface area contributed by atoms with Gasteiger partial charge in [-0.3, -0.25) is 9.59 Å². The highest BCUT2D eigenvalue weighted by Crippen LogP contribution is 2.34. The fraction of sp³-hybridized carbons (Fsp3) is 0.529. The first-order valence-electron chi connectivity index (χ1n) is 7.95. The number of nitrogens with zero attached hydrogens (tertiary/aromatic N) is 2. The molecule has 0 spiro atoms. The quantitative estimate of drug-likeness (QED) is 0.893. The number of aliphatic hydroxyl groups is 1. The molecular formula is C17H21ClN2O3. The van der Waals surface area contributed by atoms with Gasteiger partial charge in [0.15, 0.2) is 0 Å². The Balaban J connectivity index is 1.64. The lowest BCUT2D eigenvalue weighted by Crippen LogP contribution is -2.39. The maximum absolute atomic E-state index is 12.5. The molecule has 3 rings (SSSR count). The van der Waals surface area contributed by atoms with Crippen molar-refractivity contribution in [1.29, 1.82) is 0 Å². The van der Waals surface area contributed by atoms with Crippen LogP contribution in [0.1, 0.15) is 19.3 Å². The van der Waals surface area contributed by atoms with E-state index in [9.17, 15) is 14.7 Å². The summed E-state index contributed by atoms with van der Waals surface area (Å²) in [5.74, 6) is -0.231. The van der Waals surface area contributed by atoms with E-state index in [2.05, 4.69) is 0 Å².